The third kappa shape index (κ3) is 2.19. The van der Waals surface area contributed by atoms with E-state index in [-0.39, 0.29) is 0 Å². The summed E-state index contributed by atoms with van der Waals surface area (Å²) in [6.45, 7) is 8.86. The van der Waals surface area contributed by atoms with Gasteiger partial charge >= 0.3 is 0 Å². The summed E-state index contributed by atoms with van der Waals surface area (Å²) in [7, 11) is 2.42. The molecule has 1 aliphatic rings. The van der Waals surface area contributed by atoms with Gasteiger partial charge < -0.3 is 4.48 Å². The zero-order valence-corrected chi connectivity index (χ0v) is 8.27. The smallest absolute Gasteiger partial charge is 0.0815 e. The summed E-state index contributed by atoms with van der Waals surface area (Å²) >= 11 is 0. The Hall–Kier alpha value is -0.0400. The van der Waals surface area contributed by atoms with Crippen molar-refractivity contribution in [2.45, 2.75) is 33.1 Å². The molecule has 0 spiro atoms. The van der Waals surface area contributed by atoms with Gasteiger partial charge in [0.1, 0.15) is 0 Å². The van der Waals surface area contributed by atoms with E-state index in [4.69, 9.17) is 0 Å². The summed E-state index contributed by atoms with van der Waals surface area (Å²) in [4.78, 5) is 0. The van der Waals surface area contributed by atoms with Crippen molar-refractivity contribution < 1.29 is 4.48 Å². The summed E-state index contributed by atoms with van der Waals surface area (Å²) in [5, 5.41) is 0. The van der Waals surface area contributed by atoms with E-state index in [9.17, 15) is 0 Å². The number of nitrogens with zero attached hydrogens (tertiary/aromatic N) is 1. The highest BCUT2D eigenvalue weighted by molar-refractivity contribution is 4.63. The molecule has 0 saturated carbocycles. The quantitative estimate of drug-likeness (QED) is 0.550. The summed E-state index contributed by atoms with van der Waals surface area (Å²) in [5.41, 5.74) is 0. The number of quaternary nitrogens is 1. The lowest BCUT2D eigenvalue weighted by atomic mass is 10.1. The van der Waals surface area contributed by atoms with Gasteiger partial charge in [0.25, 0.3) is 0 Å². The maximum absolute atomic E-state index is 2.42. The molecule has 0 aromatic heterocycles. The van der Waals surface area contributed by atoms with Gasteiger partial charge in [-0.05, 0) is 12.8 Å². The van der Waals surface area contributed by atoms with Gasteiger partial charge in [-0.25, -0.2) is 0 Å². The Balaban J connectivity index is 2.37. The average molecular weight is 156 g/mol. The molecule has 0 amide bonds. The molecule has 1 heterocycles. The fourth-order valence-corrected chi connectivity index (χ4v) is 2.38. The molecule has 0 aromatic rings. The van der Waals surface area contributed by atoms with E-state index in [0.717, 1.165) is 5.92 Å². The molecule has 1 nitrogen and oxygen atoms in total. The van der Waals surface area contributed by atoms with Crippen LogP contribution in [0.3, 0.4) is 0 Å². The predicted octanol–water partition coefficient (Wildman–Crippen LogP) is 2.27. The molecule has 1 unspecified atom stereocenters. The summed E-state index contributed by atoms with van der Waals surface area (Å²) in [6.07, 6.45) is 4.19. The monoisotopic (exact) mass is 156 g/mol. The lowest BCUT2D eigenvalue weighted by molar-refractivity contribution is -0.899. The maximum Gasteiger partial charge on any atom is 0.0815 e. The van der Waals surface area contributed by atoms with Crippen LogP contribution in [0.2, 0.25) is 0 Å². The van der Waals surface area contributed by atoms with E-state index in [1.54, 1.807) is 0 Å². The minimum Gasteiger partial charge on any atom is -0.326 e. The third-order valence-corrected chi connectivity index (χ3v) is 3.12. The Kier molecular flexibility index (Phi) is 2.94. The van der Waals surface area contributed by atoms with E-state index in [1.165, 1.54) is 43.4 Å². The molecule has 0 N–H and O–H groups in total. The topological polar surface area (TPSA) is 0 Å². The lowest BCUT2D eigenvalue weighted by Gasteiger charge is -2.29. The van der Waals surface area contributed by atoms with Crippen LogP contribution in [0.1, 0.15) is 33.1 Å². The number of hydrogen-bond donors (Lipinski definition) is 0. The van der Waals surface area contributed by atoms with Gasteiger partial charge in [-0.3, -0.25) is 0 Å². The molecule has 0 bridgehead atoms. The Bertz CT molecular complexity index is 122. The maximum atomic E-state index is 2.42. The molecule has 0 aromatic carbocycles. The third-order valence-electron chi connectivity index (χ3n) is 3.12. The van der Waals surface area contributed by atoms with Crippen molar-refractivity contribution in [3.8, 4) is 0 Å². The molecule has 1 rings (SSSR count). The second kappa shape index (κ2) is 3.57. The average Bonchev–Trinajstić information content (AvgIpc) is 2.33. The number of likely N-dealkylation sites (tertiary alicyclic amines) is 1. The van der Waals surface area contributed by atoms with Crippen molar-refractivity contribution in [3.63, 3.8) is 0 Å². The zero-order valence-electron chi connectivity index (χ0n) is 8.27. The van der Waals surface area contributed by atoms with Gasteiger partial charge in [0.15, 0.2) is 0 Å². The van der Waals surface area contributed by atoms with Crippen molar-refractivity contribution in [1.82, 2.24) is 0 Å². The molecule has 2 atom stereocenters. The molecule has 1 heteroatoms. The van der Waals surface area contributed by atoms with Crippen molar-refractivity contribution >= 4 is 0 Å². The van der Waals surface area contributed by atoms with Crippen LogP contribution < -0.4 is 0 Å². The van der Waals surface area contributed by atoms with E-state index in [2.05, 4.69) is 20.9 Å². The summed E-state index contributed by atoms with van der Waals surface area (Å²) < 4.78 is 1.34. The Morgan fingerprint density at radius 2 is 2.09 bits per heavy atom. The van der Waals surface area contributed by atoms with Crippen molar-refractivity contribution in [2.24, 2.45) is 5.92 Å². The van der Waals surface area contributed by atoms with Crippen LogP contribution in [0.15, 0.2) is 0 Å². The summed E-state index contributed by atoms with van der Waals surface area (Å²) in [5.74, 6) is 1.02. The Morgan fingerprint density at radius 1 is 1.36 bits per heavy atom. The fraction of sp³-hybridized carbons (Fsp3) is 1.00. The van der Waals surface area contributed by atoms with Crippen molar-refractivity contribution in [1.29, 1.82) is 0 Å². The molecule has 0 aliphatic carbocycles. The van der Waals surface area contributed by atoms with Crippen LogP contribution in [0, 0.1) is 5.92 Å². The van der Waals surface area contributed by atoms with E-state index in [1.807, 2.05) is 0 Å². The first-order valence-corrected chi connectivity index (χ1v) is 5.03. The number of hydrogen-bond acceptors (Lipinski definition) is 0. The van der Waals surface area contributed by atoms with Gasteiger partial charge in [0.2, 0.25) is 0 Å². The van der Waals surface area contributed by atoms with Crippen LogP contribution >= 0.6 is 0 Å². The first kappa shape index (κ1) is 9.05. The van der Waals surface area contributed by atoms with Crippen LogP contribution in [0.25, 0.3) is 0 Å². The highest BCUT2D eigenvalue weighted by atomic mass is 15.3. The Labute approximate surface area is 71.0 Å². The SMILES string of the molecule is CCC[N+]1(C)CC[C@@H](CC)C1. The fourth-order valence-electron chi connectivity index (χ4n) is 2.38. The highest BCUT2D eigenvalue weighted by Gasteiger charge is 2.32. The van der Waals surface area contributed by atoms with Crippen LogP contribution in [-0.2, 0) is 0 Å². The predicted molar refractivity (Wildman–Crippen MR) is 49.5 cm³/mol. The molecule has 11 heavy (non-hydrogen) atoms. The van der Waals surface area contributed by atoms with Gasteiger partial charge in [-0.15, -0.1) is 0 Å². The molecule has 66 valence electrons. The minimum absolute atomic E-state index is 1.02. The van der Waals surface area contributed by atoms with Gasteiger partial charge in [0, 0.05) is 12.3 Å². The van der Waals surface area contributed by atoms with Crippen LogP contribution in [0.4, 0.5) is 0 Å². The lowest BCUT2D eigenvalue weighted by Crippen LogP contribution is -2.42. The molecular weight excluding hydrogens is 134 g/mol. The molecule has 0 radical (unpaired) electrons. The second-order valence-electron chi connectivity index (χ2n) is 4.31. The molecular formula is C10H22N+. The van der Waals surface area contributed by atoms with Crippen LogP contribution in [0.5, 0.6) is 0 Å². The number of rotatable bonds is 3. The van der Waals surface area contributed by atoms with Gasteiger partial charge in [0.05, 0.1) is 26.7 Å². The first-order valence-electron chi connectivity index (χ1n) is 5.03. The van der Waals surface area contributed by atoms with Crippen molar-refractivity contribution in [3.05, 3.63) is 0 Å². The van der Waals surface area contributed by atoms with Gasteiger partial charge in [-0.2, -0.15) is 0 Å². The van der Waals surface area contributed by atoms with Crippen molar-refractivity contribution in [2.75, 3.05) is 26.7 Å². The van der Waals surface area contributed by atoms with E-state index in [0.29, 0.717) is 0 Å². The highest BCUT2D eigenvalue weighted by Crippen LogP contribution is 2.24. The molecule has 1 saturated heterocycles. The second-order valence-corrected chi connectivity index (χ2v) is 4.31. The van der Waals surface area contributed by atoms with E-state index < -0.39 is 0 Å². The Morgan fingerprint density at radius 3 is 2.55 bits per heavy atom. The zero-order chi connectivity index (χ0) is 8.32. The van der Waals surface area contributed by atoms with Crippen LogP contribution in [-0.4, -0.2) is 31.2 Å². The van der Waals surface area contributed by atoms with E-state index >= 15 is 0 Å². The van der Waals surface area contributed by atoms with Gasteiger partial charge in [-0.1, -0.05) is 13.8 Å². The largest absolute Gasteiger partial charge is 0.326 e. The standard InChI is InChI=1S/C10H22N/c1-4-7-11(3)8-6-10(5-2)9-11/h10H,4-9H2,1-3H3/q+1/t10-,11?/m1/s1. The summed E-state index contributed by atoms with van der Waals surface area (Å²) in [6, 6.07) is 0. The normalized spacial score (nSPS) is 37.9. The first-order chi connectivity index (χ1) is 5.20. The molecule has 1 aliphatic heterocycles. The minimum atomic E-state index is 1.02. The molecule has 1 fully saturated rings.